The summed E-state index contributed by atoms with van der Waals surface area (Å²) < 4.78 is 5.12. The van der Waals surface area contributed by atoms with Gasteiger partial charge < -0.3 is 10.5 Å². The number of carbonyl (C=O) groups excluding carboxylic acids is 1. The molecule has 0 amide bonds. The van der Waals surface area contributed by atoms with E-state index in [9.17, 15) is 4.79 Å². The zero-order chi connectivity index (χ0) is 13.1. The molecule has 0 saturated heterocycles. The first-order valence-corrected chi connectivity index (χ1v) is 6.60. The lowest BCUT2D eigenvalue weighted by atomic mass is 9.81. The van der Waals surface area contributed by atoms with Crippen molar-refractivity contribution in [2.45, 2.75) is 31.7 Å². The van der Waals surface area contributed by atoms with Crippen molar-refractivity contribution in [3.8, 4) is 5.75 Å². The molecule has 2 N–H and O–H groups in total. The Morgan fingerprint density at radius 2 is 2.06 bits per heavy atom. The first kappa shape index (κ1) is 13.4. The molecule has 0 aromatic heterocycles. The van der Waals surface area contributed by atoms with Crippen molar-refractivity contribution >= 4 is 17.4 Å². The second kappa shape index (κ2) is 5.72. The van der Waals surface area contributed by atoms with E-state index in [2.05, 4.69) is 0 Å². The summed E-state index contributed by atoms with van der Waals surface area (Å²) in [5, 5.41) is 0.638. The van der Waals surface area contributed by atoms with Crippen molar-refractivity contribution in [3.05, 3.63) is 28.8 Å². The Morgan fingerprint density at radius 1 is 1.39 bits per heavy atom. The Labute approximate surface area is 112 Å². The minimum absolute atomic E-state index is 0.100. The summed E-state index contributed by atoms with van der Waals surface area (Å²) in [7, 11) is 1.61. The summed E-state index contributed by atoms with van der Waals surface area (Å²) in [6.45, 7) is 0. The largest absolute Gasteiger partial charge is 0.497 e. The van der Waals surface area contributed by atoms with Crippen LogP contribution in [-0.4, -0.2) is 12.9 Å². The van der Waals surface area contributed by atoms with Gasteiger partial charge in [-0.3, -0.25) is 4.79 Å². The van der Waals surface area contributed by atoms with Crippen LogP contribution in [0, 0.1) is 5.92 Å². The minimum atomic E-state index is -0.100. The standard InChI is InChI=1S/C14H18ClNO2/c1-18-11-6-7-12(13(15)8-11)14(16)9-2-4-10(17)5-3-9/h6-9,14H,2-5,16H2,1H3. The fourth-order valence-corrected chi connectivity index (χ4v) is 2.78. The third kappa shape index (κ3) is 2.85. The number of hydrogen-bond acceptors (Lipinski definition) is 3. The number of nitrogens with two attached hydrogens (primary N) is 1. The molecule has 1 aromatic carbocycles. The lowest BCUT2D eigenvalue weighted by Crippen LogP contribution is -2.26. The Hall–Kier alpha value is -1.06. The third-order valence-corrected chi connectivity index (χ3v) is 3.99. The molecule has 1 aromatic rings. The molecule has 98 valence electrons. The number of benzene rings is 1. The SMILES string of the molecule is COc1ccc(C(N)C2CCC(=O)CC2)c(Cl)c1. The molecule has 1 aliphatic carbocycles. The van der Waals surface area contributed by atoms with Crippen molar-refractivity contribution in [1.29, 1.82) is 0 Å². The van der Waals surface area contributed by atoms with Gasteiger partial charge in [0.05, 0.1) is 7.11 Å². The summed E-state index contributed by atoms with van der Waals surface area (Å²) >= 11 is 6.22. The number of methoxy groups -OCH3 is 1. The van der Waals surface area contributed by atoms with Crippen LogP contribution in [0.1, 0.15) is 37.3 Å². The van der Waals surface area contributed by atoms with Gasteiger partial charge in [0.15, 0.2) is 0 Å². The van der Waals surface area contributed by atoms with E-state index in [1.54, 1.807) is 13.2 Å². The molecule has 0 spiro atoms. The molecule has 2 rings (SSSR count). The summed E-state index contributed by atoms with van der Waals surface area (Å²) in [5.41, 5.74) is 7.21. The van der Waals surface area contributed by atoms with E-state index in [0.29, 0.717) is 29.6 Å². The Bertz CT molecular complexity index is 437. The Balaban J connectivity index is 2.13. The van der Waals surface area contributed by atoms with Crippen LogP contribution < -0.4 is 10.5 Å². The van der Waals surface area contributed by atoms with Gasteiger partial charge in [-0.1, -0.05) is 17.7 Å². The second-order valence-corrected chi connectivity index (χ2v) is 5.20. The molecule has 3 nitrogen and oxygen atoms in total. The van der Waals surface area contributed by atoms with Crippen LogP contribution >= 0.6 is 11.6 Å². The summed E-state index contributed by atoms with van der Waals surface area (Å²) in [5.74, 6) is 1.42. The zero-order valence-electron chi connectivity index (χ0n) is 10.5. The monoisotopic (exact) mass is 267 g/mol. The van der Waals surface area contributed by atoms with Gasteiger partial charge in [-0.15, -0.1) is 0 Å². The summed E-state index contributed by atoms with van der Waals surface area (Å²) in [6.07, 6.45) is 3.02. The average Bonchev–Trinajstić information content (AvgIpc) is 2.38. The highest BCUT2D eigenvalue weighted by molar-refractivity contribution is 6.31. The molecule has 1 aliphatic rings. The smallest absolute Gasteiger partial charge is 0.132 e. The van der Waals surface area contributed by atoms with Crippen LogP contribution in [-0.2, 0) is 4.79 Å². The number of carbonyl (C=O) groups is 1. The van der Waals surface area contributed by atoms with Crippen LogP contribution in [0.5, 0.6) is 5.75 Å². The Kier molecular flexibility index (Phi) is 4.25. The number of halogens is 1. The number of ether oxygens (including phenoxy) is 1. The van der Waals surface area contributed by atoms with Gasteiger partial charge in [-0.2, -0.15) is 0 Å². The van der Waals surface area contributed by atoms with Crippen molar-refractivity contribution in [2.24, 2.45) is 11.7 Å². The van der Waals surface area contributed by atoms with Crippen molar-refractivity contribution in [1.82, 2.24) is 0 Å². The molecular weight excluding hydrogens is 250 g/mol. The molecule has 0 aliphatic heterocycles. The fraction of sp³-hybridized carbons (Fsp3) is 0.500. The molecule has 0 bridgehead atoms. The Morgan fingerprint density at radius 3 is 2.61 bits per heavy atom. The van der Waals surface area contributed by atoms with Gasteiger partial charge in [0.25, 0.3) is 0 Å². The molecule has 1 atom stereocenters. The van der Waals surface area contributed by atoms with Gasteiger partial charge >= 0.3 is 0 Å². The average molecular weight is 268 g/mol. The number of rotatable bonds is 3. The first-order chi connectivity index (χ1) is 8.61. The lowest BCUT2D eigenvalue weighted by Gasteiger charge is -2.27. The topological polar surface area (TPSA) is 52.3 Å². The molecule has 1 fully saturated rings. The highest BCUT2D eigenvalue weighted by Gasteiger charge is 2.26. The molecule has 0 radical (unpaired) electrons. The predicted molar refractivity (Wildman–Crippen MR) is 71.9 cm³/mol. The van der Waals surface area contributed by atoms with Gasteiger partial charge in [-0.05, 0) is 36.5 Å². The quantitative estimate of drug-likeness (QED) is 0.916. The second-order valence-electron chi connectivity index (χ2n) is 4.79. The molecule has 18 heavy (non-hydrogen) atoms. The summed E-state index contributed by atoms with van der Waals surface area (Å²) in [4.78, 5) is 11.2. The zero-order valence-corrected chi connectivity index (χ0v) is 11.2. The van der Waals surface area contributed by atoms with Crippen molar-refractivity contribution in [3.63, 3.8) is 0 Å². The highest BCUT2D eigenvalue weighted by atomic mass is 35.5. The van der Waals surface area contributed by atoms with Crippen molar-refractivity contribution in [2.75, 3.05) is 7.11 Å². The van der Waals surface area contributed by atoms with Crippen LogP contribution in [0.3, 0.4) is 0 Å². The molecule has 1 unspecified atom stereocenters. The van der Waals surface area contributed by atoms with Crippen LogP contribution in [0.15, 0.2) is 18.2 Å². The van der Waals surface area contributed by atoms with Gasteiger partial charge in [0.1, 0.15) is 11.5 Å². The van der Waals surface area contributed by atoms with E-state index >= 15 is 0 Å². The van der Waals surface area contributed by atoms with Gasteiger partial charge in [0, 0.05) is 23.9 Å². The molecule has 1 saturated carbocycles. The maximum absolute atomic E-state index is 11.2. The van der Waals surface area contributed by atoms with E-state index < -0.39 is 0 Å². The maximum atomic E-state index is 11.2. The molecule has 0 heterocycles. The van der Waals surface area contributed by atoms with Crippen LogP contribution in [0.4, 0.5) is 0 Å². The normalized spacial score (nSPS) is 18.7. The third-order valence-electron chi connectivity index (χ3n) is 3.66. The first-order valence-electron chi connectivity index (χ1n) is 6.22. The minimum Gasteiger partial charge on any atom is -0.497 e. The van der Waals surface area contributed by atoms with Gasteiger partial charge in [-0.25, -0.2) is 0 Å². The highest BCUT2D eigenvalue weighted by Crippen LogP contribution is 2.35. The van der Waals surface area contributed by atoms with E-state index in [-0.39, 0.29) is 6.04 Å². The fourth-order valence-electron chi connectivity index (χ4n) is 2.48. The van der Waals surface area contributed by atoms with Gasteiger partial charge in [0.2, 0.25) is 0 Å². The lowest BCUT2D eigenvalue weighted by molar-refractivity contribution is -0.121. The number of Topliss-reactive ketones (excluding diaryl/α,β-unsaturated/α-hetero) is 1. The number of ketones is 1. The van der Waals surface area contributed by atoms with E-state index in [0.717, 1.165) is 24.2 Å². The molecule has 4 heteroatoms. The number of hydrogen-bond donors (Lipinski definition) is 1. The van der Waals surface area contributed by atoms with E-state index in [1.165, 1.54) is 0 Å². The van der Waals surface area contributed by atoms with E-state index in [4.69, 9.17) is 22.1 Å². The predicted octanol–water partition coefficient (Wildman–Crippen LogP) is 3.11. The van der Waals surface area contributed by atoms with Crippen LogP contribution in [0.2, 0.25) is 5.02 Å². The van der Waals surface area contributed by atoms with Crippen LogP contribution in [0.25, 0.3) is 0 Å². The molecular formula is C14H18ClNO2. The van der Waals surface area contributed by atoms with E-state index in [1.807, 2.05) is 12.1 Å². The van der Waals surface area contributed by atoms with Crippen molar-refractivity contribution < 1.29 is 9.53 Å². The maximum Gasteiger partial charge on any atom is 0.132 e. The summed E-state index contributed by atoms with van der Waals surface area (Å²) in [6, 6.07) is 5.47.